The molecule has 0 spiro atoms. The molecule has 1 aliphatic rings. The van der Waals surface area contributed by atoms with Gasteiger partial charge in [0.1, 0.15) is 5.76 Å². The Morgan fingerprint density at radius 3 is 2.28 bits per heavy atom. The number of hydrogen-bond donors (Lipinski definition) is 0. The summed E-state index contributed by atoms with van der Waals surface area (Å²) >= 11 is 0. The Kier molecular flexibility index (Phi) is 8.00. The number of hydrogen-bond acceptors (Lipinski definition) is 1. The summed E-state index contributed by atoms with van der Waals surface area (Å²) in [7, 11) is 1.36. The van der Waals surface area contributed by atoms with E-state index in [0.717, 1.165) is 31.2 Å². The van der Waals surface area contributed by atoms with E-state index in [4.69, 9.17) is 4.74 Å². The van der Waals surface area contributed by atoms with E-state index in [1.165, 1.54) is 13.2 Å². The Hall–Kier alpha value is -2.75. The van der Waals surface area contributed by atoms with Crippen molar-refractivity contribution in [3.8, 4) is 11.1 Å². The van der Waals surface area contributed by atoms with Crippen LogP contribution in [0.3, 0.4) is 0 Å². The Balaban J connectivity index is 1.67. The van der Waals surface area contributed by atoms with E-state index in [1.807, 2.05) is 12.1 Å². The third-order valence-electron chi connectivity index (χ3n) is 6.41. The van der Waals surface area contributed by atoms with Crippen LogP contribution in [-0.2, 0) is 11.2 Å². The van der Waals surface area contributed by atoms with Gasteiger partial charge in [-0.05, 0) is 60.3 Å². The molecule has 2 aromatic rings. The zero-order chi connectivity index (χ0) is 23.3. The molecule has 0 N–H and O–H groups in total. The van der Waals surface area contributed by atoms with Gasteiger partial charge in [0.25, 0.3) is 0 Å². The summed E-state index contributed by atoms with van der Waals surface area (Å²) in [5.41, 5.74) is 3.03. The second kappa shape index (κ2) is 10.7. The zero-order valence-corrected chi connectivity index (χ0v) is 18.9. The SMILES string of the molecule is C=C(/C=C(/F)C(=C)OC)CCc1ccc(-c2ccc(C3CCC(C)CC3)c(F)c2F)cc1. The summed E-state index contributed by atoms with van der Waals surface area (Å²) in [5, 5.41) is 0. The van der Waals surface area contributed by atoms with Gasteiger partial charge in [-0.25, -0.2) is 13.2 Å². The van der Waals surface area contributed by atoms with Crippen LogP contribution < -0.4 is 0 Å². The van der Waals surface area contributed by atoms with Gasteiger partial charge < -0.3 is 4.74 Å². The van der Waals surface area contributed by atoms with Crippen molar-refractivity contribution in [1.29, 1.82) is 0 Å². The average molecular weight is 441 g/mol. The zero-order valence-electron chi connectivity index (χ0n) is 18.9. The predicted octanol–water partition coefficient (Wildman–Crippen LogP) is 8.43. The second-order valence-corrected chi connectivity index (χ2v) is 8.76. The molecule has 32 heavy (non-hydrogen) atoms. The van der Waals surface area contributed by atoms with Crippen LogP contribution in [0.2, 0.25) is 0 Å². The lowest BCUT2D eigenvalue weighted by Crippen LogP contribution is -2.13. The van der Waals surface area contributed by atoms with Crippen molar-refractivity contribution in [1.82, 2.24) is 0 Å². The summed E-state index contributed by atoms with van der Waals surface area (Å²) in [6, 6.07) is 10.8. The molecule has 0 aliphatic heterocycles. The summed E-state index contributed by atoms with van der Waals surface area (Å²) in [5.74, 6) is -1.31. The summed E-state index contributed by atoms with van der Waals surface area (Å²) in [6.45, 7) is 9.54. The highest BCUT2D eigenvalue weighted by atomic mass is 19.2. The summed E-state index contributed by atoms with van der Waals surface area (Å²) in [6.07, 6.45) is 6.47. The quantitative estimate of drug-likeness (QED) is 0.296. The van der Waals surface area contributed by atoms with Gasteiger partial charge in [0.15, 0.2) is 17.5 Å². The molecule has 1 saturated carbocycles. The first-order valence-corrected chi connectivity index (χ1v) is 11.2. The normalized spacial score (nSPS) is 19.0. The molecule has 170 valence electrons. The van der Waals surface area contributed by atoms with Crippen molar-refractivity contribution >= 4 is 0 Å². The molecule has 0 radical (unpaired) electrons. The van der Waals surface area contributed by atoms with E-state index in [1.54, 1.807) is 24.3 Å². The van der Waals surface area contributed by atoms with Crippen molar-refractivity contribution in [3.05, 3.63) is 95.6 Å². The molecule has 0 amide bonds. The molecule has 0 unspecified atom stereocenters. The number of allylic oxidation sites excluding steroid dienone is 3. The lowest BCUT2D eigenvalue weighted by molar-refractivity contribution is 0.285. The molecular formula is C28H31F3O. The van der Waals surface area contributed by atoms with Crippen molar-refractivity contribution in [2.24, 2.45) is 5.92 Å². The third-order valence-corrected chi connectivity index (χ3v) is 6.41. The molecule has 4 heteroatoms. The van der Waals surface area contributed by atoms with Gasteiger partial charge in [0.2, 0.25) is 0 Å². The van der Waals surface area contributed by atoms with Crippen LogP contribution >= 0.6 is 0 Å². The van der Waals surface area contributed by atoms with Gasteiger partial charge in [-0.1, -0.05) is 74.9 Å². The average Bonchev–Trinajstić information content (AvgIpc) is 2.80. The number of aryl methyl sites for hydroxylation is 1. The molecule has 0 bridgehead atoms. The maximum atomic E-state index is 14.9. The van der Waals surface area contributed by atoms with E-state index in [9.17, 15) is 13.2 Å². The molecule has 3 rings (SSSR count). The number of ether oxygens (including phenoxy) is 1. The highest BCUT2D eigenvalue weighted by Gasteiger charge is 2.25. The van der Waals surface area contributed by atoms with Crippen LogP contribution in [0.1, 0.15) is 56.1 Å². The Labute approximate surface area is 189 Å². The fourth-order valence-corrected chi connectivity index (χ4v) is 4.26. The number of methoxy groups -OCH3 is 1. The van der Waals surface area contributed by atoms with Gasteiger partial charge in [-0.15, -0.1) is 0 Å². The van der Waals surface area contributed by atoms with Crippen LogP contribution in [0.25, 0.3) is 11.1 Å². The Morgan fingerprint density at radius 2 is 1.66 bits per heavy atom. The fourth-order valence-electron chi connectivity index (χ4n) is 4.26. The topological polar surface area (TPSA) is 9.23 Å². The maximum absolute atomic E-state index is 14.9. The highest BCUT2D eigenvalue weighted by Crippen LogP contribution is 2.38. The van der Waals surface area contributed by atoms with E-state index in [2.05, 4.69) is 20.1 Å². The van der Waals surface area contributed by atoms with Crippen molar-refractivity contribution in [2.45, 2.75) is 51.4 Å². The summed E-state index contributed by atoms with van der Waals surface area (Å²) < 4.78 is 48.3. The summed E-state index contributed by atoms with van der Waals surface area (Å²) in [4.78, 5) is 0. The van der Waals surface area contributed by atoms with Gasteiger partial charge in [-0.3, -0.25) is 0 Å². The predicted molar refractivity (Wildman–Crippen MR) is 125 cm³/mol. The molecule has 2 aromatic carbocycles. The molecular weight excluding hydrogens is 409 g/mol. The first kappa shape index (κ1) is 23.9. The van der Waals surface area contributed by atoms with Gasteiger partial charge in [0, 0.05) is 5.56 Å². The second-order valence-electron chi connectivity index (χ2n) is 8.76. The van der Waals surface area contributed by atoms with E-state index < -0.39 is 17.5 Å². The van der Waals surface area contributed by atoms with Crippen molar-refractivity contribution in [2.75, 3.05) is 7.11 Å². The highest BCUT2D eigenvalue weighted by molar-refractivity contribution is 5.65. The Bertz CT molecular complexity index is 996. The lowest BCUT2D eigenvalue weighted by atomic mass is 9.79. The van der Waals surface area contributed by atoms with Gasteiger partial charge >= 0.3 is 0 Å². The van der Waals surface area contributed by atoms with Gasteiger partial charge in [-0.2, -0.15) is 0 Å². The van der Waals surface area contributed by atoms with E-state index in [0.29, 0.717) is 35.5 Å². The molecule has 0 saturated heterocycles. The molecule has 0 atom stereocenters. The van der Waals surface area contributed by atoms with E-state index in [-0.39, 0.29) is 17.2 Å². The number of halogens is 3. The largest absolute Gasteiger partial charge is 0.494 e. The monoisotopic (exact) mass is 440 g/mol. The third kappa shape index (κ3) is 5.73. The molecule has 0 aromatic heterocycles. The van der Waals surface area contributed by atoms with Crippen LogP contribution in [0, 0.1) is 17.6 Å². The van der Waals surface area contributed by atoms with Crippen LogP contribution in [-0.4, -0.2) is 7.11 Å². The van der Waals surface area contributed by atoms with Crippen LogP contribution in [0.4, 0.5) is 13.2 Å². The minimum atomic E-state index is -0.777. The smallest absolute Gasteiger partial charge is 0.166 e. The molecule has 1 aliphatic carbocycles. The van der Waals surface area contributed by atoms with Gasteiger partial charge in [0.05, 0.1) is 7.11 Å². The van der Waals surface area contributed by atoms with Crippen LogP contribution in [0.15, 0.2) is 72.8 Å². The minimum absolute atomic E-state index is 0.0335. The molecule has 0 heterocycles. The van der Waals surface area contributed by atoms with Crippen molar-refractivity contribution < 1.29 is 17.9 Å². The standard InChI is InChI=1S/C28H31F3O/c1-18-6-11-22(12-7-18)24-15-16-25(28(31)27(24)30)23-13-9-21(10-14-23)8-5-19(2)17-26(29)20(3)32-4/h9-10,13-18,22H,2-3,5-8,11-12H2,1,4H3/b26-17+. The van der Waals surface area contributed by atoms with Crippen LogP contribution in [0.5, 0.6) is 0 Å². The first-order chi connectivity index (χ1) is 15.3. The number of benzene rings is 2. The van der Waals surface area contributed by atoms with Crippen molar-refractivity contribution in [3.63, 3.8) is 0 Å². The number of rotatable bonds is 8. The first-order valence-electron chi connectivity index (χ1n) is 11.2. The Morgan fingerprint density at radius 1 is 1.00 bits per heavy atom. The molecule has 1 fully saturated rings. The fraction of sp³-hybridized carbons (Fsp3) is 0.357. The minimum Gasteiger partial charge on any atom is -0.494 e. The maximum Gasteiger partial charge on any atom is 0.166 e. The van der Waals surface area contributed by atoms with E-state index >= 15 is 0 Å². The lowest BCUT2D eigenvalue weighted by Gasteiger charge is -2.27. The molecule has 1 nitrogen and oxygen atoms in total.